The van der Waals surface area contributed by atoms with Crippen LogP contribution in [0.5, 0.6) is 0 Å². The molecule has 192 valence electrons. The Labute approximate surface area is 203 Å². The second kappa shape index (κ2) is 11.2. The van der Waals surface area contributed by atoms with Crippen molar-refractivity contribution in [2.75, 3.05) is 13.6 Å². The molecule has 3 aromatic rings. The van der Waals surface area contributed by atoms with Gasteiger partial charge in [-0.2, -0.15) is 18.3 Å². The topological polar surface area (TPSA) is 144 Å². The van der Waals surface area contributed by atoms with Crippen LogP contribution in [0.3, 0.4) is 0 Å². The molecule has 13 heteroatoms. The number of amides is 1. The second-order valence-electron chi connectivity index (χ2n) is 8.14. The molecule has 1 amide bonds. The molecule has 0 atom stereocenters. The molecule has 0 fully saturated rings. The van der Waals surface area contributed by atoms with Crippen LogP contribution in [-0.2, 0) is 30.7 Å². The maximum absolute atomic E-state index is 12.5. The highest BCUT2D eigenvalue weighted by atomic mass is 19.4. The SMILES string of the molecule is CCc1nc(-c2ccc(C(=O)NCc3cc4c([nH]c3=O)CCN(C)C4)cc2)n[nH]1.O=C(O)C(F)(F)F. The van der Waals surface area contributed by atoms with E-state index in [2.05, 4.69) is 37.4 Å². The summed E-state index contributed by atoms with van der Waals surface area (Å²) in [6.45, 7) is 3.93. The zero-order chi connectivity index (χ0) is 26.5. The lowest BCUT2D eigenvalue weighted by molar-refractivity contribution is -0.192. The minimum absolute atomic E-state index is 0.139. The van der Waals surface area contributed by atoms with E-state index in [1.165, 1.54) is 0 Å². The van der Waals surface area contributed by atoms with Gasteiger partial charge in [0.05, 0.1) is 0 Å². The van der Waals surface area contributed by atoms with Gasteiger partial charge in [0.15, 0.2) is 5.82 Å². The van der Waals surface area contributed by atoms with Gasteiger partial charge in [0, 0.05) is 54.9 Å². The van der Waals surface area contributed by atoms with E-state index < -0.39 is 12.1 Å². The van der Waals surface area contributed by atoms with Crippen molar-refractivity contribution in [1.82, 2.24) is 30.4 Å². The highest BCUT2D eigenvalue weighted by molar-refractivity contribution is 5.94. The first-order chi connectivity index (χ1) is 17.0. The van der Waals surface area contributed by atoms with Crippen LogP contribution in [0.1, 0.15) is 39.9 Å². The number of carboxylic acids is 1. The number of aromatic amines is 2. The van der Waals surface area contributed by atoms with E-state index >= 15 is 0 Å². The number of carbonyl (C=O) groups excluding carboxylic acids is 1. The Kier molecular flexibility index (Phi) is 8.25. The number of aromatic nitrogens is 4. The standard InChI is InChI=1S/C21H24N6O2.C2HF3O2/c1-3-18-24-19(26-25-18)13-4-6-14(7-5-13)20(28)22-11-15-10-16-12-27(2)9-8-17(16)23-21(15)29;3-2(4,5)1(6)7/h4-7,10H,3,8-9,11-12H2,1-2H3,(H,22,28)(H,23,29)(H,24,25,26);(H,6,7). The lowest BCUT2D eigenvalue weighted by atomic mass is 10.0. The number of fused-ring (bicyclic) bond motifs is 1. The van der Waals surface area contributed by atoms with Crippen LogP contribution in [0.4, 0.5) is 13.2 Å². The molecule has 1 aromatic carbocycles. The fourth-order valence-electron chi connectivity index (χ4n) is 3.46. The summed E-state index contributed by atoms with van der Waals surface area (Å²) >= 11 is 0. The monoisotopic (exact) mass is 506 g/mol. The number of benzene rings is 1. The van der Waals surface area contributed by atoms with Gasteiger partial charge in [-0.1, -0.05) is 19.1 Å². The lowest BCUT2D eigenvalue weighted by Gasteiger charge is -2.24. The van der Waals surface area contributed by atoms with Crippen molar-refractivity contribution in [1.29, 1.82) is 0 Å². The van der Waals surface area contributed by atoms with Gasteiger partial charge in [-0.05, 0) is 30.8 Å². The number of rotatable bonds is 5. The van der Waals surface area contributed by atoms with Gasteiger partial charge in [-0.25, -0.2) is 9.78 Å². The highest BCUT2D eigenvalue weighted by Gasteiger charge is 2.38. The smallest absolute Gasteiger partial charge is 0.475 e. The molecule has 2 aromatic heterocycles. The van der Waals surface area contributed by atoms with Crippen LogP contribution in [0.15, 0.2) is 35.1 Å². The summed E-state index contributed by atoms with van der Waals surface area (Å²) in [7, 11) is 2.06. The van der Waals surface area contributed by atoms with Crippen molar-refractivity contribution in [2.45, 2.75) is 39.0 Å². The van der Waals surface area contributed by atoms with E-state index in [-0.39, 0.29) is 18.0 Å². The third kappa shape index (κ3) is 6.78. The summed E-state index contributed by atoms with van der Waals surface area (Å²) < 4.78 is 31.7. The molecule has 0 aliphatic carbocycles. The zero-order valence-corrected chi connectivity index (χ0v) is 19.6. The number of nitrogens with one attached hydrogen (secondary N) is 3. The fraction of sp³-hybridized carbons (Fsp3) is 0.348. The summed E-state index contributed by atoms with van der Waals surface area (Å²) in [5, 5.41) is 17.0. The second-order valence-corrected chi connectivity index (χ2v) is 8.14. The normalized spacial score (nSPS) is 13.4. The first-order valence-corrected chi connectivity index (χ1v) is 11.0. The van der Waals surface area contributed by atoms with E-state index in [1.54, 1.807) is 12.1 Å². The number of alkyl halides is 3. The average Bonchev–Trinajstić information content (AvgIpc) is 3.32. The largest absolute Gasteiger partial charge is 0.490 e. The molecule has 0 spiro atoms. The van der Waals surface area contributed by atoms with Gasteiger partial charge >= 0.3 is 12.1 Å². The maximum atomic E-state index is 12.5. The summed E-state index contributed by atoms with van der Waals surface area (Å²) in [4.78, 5) is 43.3. The van der Waals surface area contributed by atoms with E-state index in [0.717, 1.165) is 48.6 Å². The predicted octanol–water partition coefficient (Wildman–Crippen LogP) is 2.27. The maximum Gasteiger partial charge on any atom is 0.490 e. The molecule has 4 N–H and O–H groups in total. The Bertz CT molecular complexity index is 1280. The molecule has 1 aliphatic rings. The molecule has 36 heavy (non-hydrogen) atoms. The zero-order valence-electron chi connectivity index (χ0n) is 19.6. The molecular formula is C23H25F3N6O4. The van der Waals surface area contributed by atoms with Crippen molar-refractivity contribution >= 4 is 11.9 Å². The molecule has 1 aliphatic heterocycles. The number of carbonyl (C=O) groups is 2. The molecule has 0 bridgehead atoms. The number of nitrogens with zero attached hydrogens (tertiary/aromatic N) is 3. The molecule has 3 heterocycles. The summed E-state index contributed by atoms with van der Waals surface area (Å²) in [6.07, 6.45) is -3.46. The van der Waals surface area contributed by atoms with Gasteiger partial charge in [0.2, 0.25) is 0 Å². The number of likely N-dealkylation sites (N-methyl/N-ethyl adjacent to an activating group) is 1. The summed E-state index contributed by atoms with van der Waals surface area (Å²) in [5.74, 6) is -1.55. The minimum atomic E-state index is -5.08. The van der Waals surface area contributed by atoms with Gasteiger partial charge in [-0.3, -0.25) is 14.7 Å². The lowest BCUT2D eigenvalue weighted by Crippen LogP contribution is -2.32. The number of H-pyrrole nitrogens is 2. The van der Waals surface area contributed by atoms with E-state index in [0.29, 0.717) is 17.0 Å². The van der Waals surface area contributed by atoms with Gasteiger partial charge < -0.3 is 20.3 Å². The van der Waals surface area contributed by atoms with E-state index in [9.17, 15) is 22.8 Å². The van der Waals surface area contributed by atoms with E-state index in [1.807, 2.05) is 25.1 Å². The number of pyridine rings is 1. The van der Waals surface area contributed by atoms with Crippen LogP contribution in [-0.4, -0.2) is 61.8 Å². The Hall–Kier alpha value is -4.00. The van der Waals surface area contributed by atoms with Gasteiger partial charge in [0.25, 0.3) is 11.5 Å². The predicted molar refractivity (Wildman–Crippen MR) is 123 cm³/mol. The van der Waals surface area contributed by atoms with Gasteiger partial charge in [-0.15, -0.1) is 0 Å². The number of aryl methyl sites for hydroxylation is 1. The summed E-state index contributed by atoms with van der Waals surface area (Å²) in [6, 6.07) is 9.01. The summed E-state index contributed by atoms with van der Waals surface area (Å²) in [5.41, 5.74) is 3.90. The highest BCUT2D eigenvalue weighted by Crippen LogP contribution is 2.17. The first kappa shape index (κ1) is 26.6. The Balaban J connectivity index is 0.000000454. The van der Waals surface area contributed by atoms with Crippen molar-refractivity contribution in [3.8, 4) is 11.4 Å². The third-order valence-electron chi connectivity index (χ3n) is 5.43. The Morgan fingerprint density at radius 3 is 2.47 bits per heavy atom. The molecule has 0 radical (unpaired) electrons. The molecule has 0 saturated carbocycles. The Morgan fingerprint density at radius 1 is 1.22 bits per heavy atom. The number of aliphatic carboxylic acids is 1. The molecular weight excluding hydrogens is 481 g/mol. The molecule has 4 rings (SSSR count). The minimum Gasteiger partial charge on any atom is -0.475 e. The first-order valence-electron chi connectivity index (χ1n) is 11.0. The quantitative estimate of drug-likeness (QED) is 0.416. The van der Waals surface area contributed by atoms with Crippen LogP contribution < -0.4 is 10.9 Å². The van der Waals surface area contributed by atoms with Crippen molar-refractivity contribution in [3.05, 3.63) is 68.9 Å². The van der Waals surface area contributed by atoms with E-state index in [4.69, 9.17) is 9.90 Å². The van der Waals surface area contributed by atoms with Crippen molar-refractivity contribution in [3.63, 3.8) is 0 Å². The number of carboxylic acid groups (broad SMARTS) is 1. The van der Waals surface area contributed by atoms with Crippen LogP contribution in [0.2, 0.25) is 0 Å². The molecule has 0 saturated heterocycles. The van der Waals surface area contributed by atoms with Crippen LogP contribution in [0, 0.1) is 0 Å². The average molecular weight is 506 g/mol. The molecule has 0 unspecified atom stereocenters. The third-order valence-corrected chi connectivity index (χ3v) is 5.43. The number of halogens is 3. The molecule has 10 nitrogen and oxygen atoms in total. The van der Waals surface area contributed by atoms with Crippen molar-refractivity contribution < 1.29 is 27.9 Å². The van der Waals surface area contributed by atoms with Crippen molar-refractivity contribution in [2.24, 2.45) is 0 Å². The van der Waals surface area contributed by atoms with Crippen LogP contribution in [0.25, 0.3) is 11.4 Å². The van der Waals surface area contributed by atoms with Gasteiger partial charge in [0.1, 0.15) is 5.82 Å². The Morgan fingerprint density at radius 2 is 1.89 bits per heavy atom. The number of hydrogen-bond acceptors (Lipinski definition) is 6. The fourth-order valence-corrected chi connectivity index (χ4v) is 3.46. The van der Waals surface area contributed by atoms with Crippen LogP contribution >= 0.6 is 0 Å². The number of hydrogen-bond donors (Lipinski definition) is 4.